The Labute approximate surface area is 168 Å². The fourth-order valence-electron chi connectivity index (χ4n) is 3.41. The molecule has 0 saturated heterocycles. The standard InChI is InChI=1S/C19H31ClN2O4S/c1-13(17(23)21-19(5,6)12-18(2,3)4)22(27(8,24)25)14-9-10-16(26-7)15(20)11-14/h9-11,13H,12H2,1-8H3,(H,21,23)/t13-/m0/s1. The van der Waals surface area contributed by atoms with E-state index in [-0.39, 0.29) is 16.3 Å². The van der Waals surface area contributed by atoms with Gasteiger partial charge in [-0.3, -0.25) is 9.10 Å². The van der Waals surface area contributed by atoms with E-state index in [0.717, 1.165) is 17.0 Å². The third-order valence-corrected chi connectivity index (χ3v) is 5.45. The summed E-state index contributed by atoms with van der Waals surface area (Å²) >= 11 is 6.14. The first-order chi connectivity index (χ1) is 12.1. The predicted octanol–water partition coefficient (Wildman–Crippen LogP) is 3.83. The highest BCUT2D eigenvalue weighted by Crippen LogP contribution is 2.32. The topological polar surface area (TPSA) is 75.7 Å². The van der Waals surface area contributed by atoms with Gasteiger partial charge in [-0.1, -0.05) is 32.4 Å². The van der Waals surface area contributed by atoms with Crippen molar-refractivity contribution in [1.82, 2.24) is 5.32 Å². The number of carbonyl (C=O) groups is 1. The summed E-state index contributed by atoms with van der Waals surface area (Å²) in [5, 5.41) is 3.24. The number of amides is 1. The smallest absolute Gasteiger partial charge is 0.244 e. The summed E-state index contributed by atoms with van der Waals surface area (Å²) in [4.78, 5) is 12.8. The van der Waals surface area contributed by atoms with Crippen LogP contribution in [0.25, 0.3) is 0 Å². The minimum atomic E-state index is -3.72. The quantitative estimate of drug-likeness (QED) is 0.729. The number of hydrogen-bond acceptors (Lipinski definition) is 4. The van der Waals surface area contributed by atoms with Crippen molar-refractivity contribution in [2.45, 2.75) is 59.5 Å². The monoisotopic (exact) mass is 418 g/mol. The van der Waals surface area contributed by atoms with Crippen LogP contribution in [0.5, 0.6) is 5.75 Å². The molecule has 6 nitrogen and oxygen atoms in total. The van der Waals surface area contributed by atoms with Crippen molar-refractivity contribution in [2.75, 3.05) is 17.7 Å². The Morgan fingerprint density at radius 2 is 1.81 bits per heavy atom. The molecule has 0 saturated carbocycles. The van der Waals surface area contributed by atoms with E-state index < -0.39 is 21.6 Å². The normalized spacial score (nSPS) is 13.8. The van der Waals surface area contributed by atoms with Gasteiger partial charge in [-0.15, -0.1) is 0 Å². The van der Waals surface area contributed by atoms with Crippen molar-refractivity contribution in [3.8, 4) is 5.75 Å². The van der Waals surface area contributed by atoms with Crippen LogP contribution in [0.1, 0.15) is 48.0 Å². The molecule has 154 valence electrons. The van der Waals surface area contributed by atoms with Crippen LogP contribution in [0.15, 0.2) is 18.2 Å². The molecular formula is C19H31ClN2O4S. The third-order valence-electron chi connectivity index (χ3n) is 3.91. The van der Waals surface area contributed by atoms with Gasteiger partial charge in [0.05, 0.1) is 24.1 Å². The zero-order valence-electron chi connectivity index (χ0n) is 17.4. The van der Waals surface area contributed by atoms with Crippen molar-refractivity contribution < 1.29 is 17.9 Å². The summed E-state index contributed by atoms with van der Waals surface area (Å²) in [5.74, 6) is 0.0545. The molecule has 0 fully saturated rings. The van der Waals surface area contributed by atoms with Crippen LogP contribution in [0.2, 0.25) is 5.02 Å². The Morgan fingerprint density at radius 3 is 2.22 bits per heavy atom. The maximum absolute atomic E-state index is 12.8. The van der Waals surface area contributed by atoms with Crippen molar-refractivity contribution in [1.29, 1.82) is 0 Å². The maximum Gasteiger partial charge on any atom is 0.244 e. The second-order valence-electron chi connectivity index (χ2n) is 8.66. The largest absolute Gasteiger partial charge is 0.495 e. The summed E-state index contributed by atoms with van der Waals surface area (Å²) < 4.78 is 31.0. The van der Waals surface area contributed by atoms with Gasteiger partial charge in [-0.2, -0.15) is 0 Å². The number of rotatable bonds is 7. The van der Waals surface area contributed by atoms with Gasteiger partial charge in [0.15, 0.2) is 0 Å². The first-order valence-corrected chi connectivity index (χ1v) is 10.9. The number of halogens is 1. The fraction of sp³-hybridized carbons (Fsp3) is 0.632. The Morgan fingerprint density at radius 1 is 1.26 bits per heavy atom. The Kier molecular flexibility index (Phi) is 7.22. The second kappa shape index (κ2) is 8.27. The van der Waals surface area contributed by atoms with Gasteiger partial charge in [0.1, 0.15) is 11.8 Å². The van der Waals surface area contributed by atoms with Gasteiger partial charge in [0.2, 0.25) is 15.9 Å². The van der Waals surface area contributed by atoms with Crippen molar-refractivity contribution in [3.63, 3.8) is 0 Å². The molecule has 0 radical (unpaired) electrons. The summed E-state index contributed by atoms with van der Waals surface area (Å²) in [7, 11) is -2.24. The lowest BCUT2D eigenvalue weighted by molar-refractivity contribution is -0.123. The van der Waals surface area contributed by atoms with Crippen LogP contribution in [-0.2, 0) is 14.8 Å². The molecule has 0 aliphatic rings. The van der Waals surface area contributed by atoms with E-state index >= 15 is 0 Å². The lowest BCUT2D eigenvalue weighted by Gasteiger charge is -2.36. The number of hydrogen-bond donors (Lipinski definition) is 1. The molecule has 0 bridgehead atoms. The number of nitrogens with one attached hydrogen (secondary N) is 1. The molecule has 0 aliphatic heterocycles. The highest BCUT2D eigenvalue weighted by Gasteiger charge is 2.34. The number of carbonyl (C=O) groups excluding carboxylic acids is 1. The zero-order chi connectivity index (χ0) is 21.2. The molecular weight excluding hydrogens is 388 g/mol. The molecule has 27 heavy (non-hydrogen) atoms. The van der Waals surface area contributed by atoms with Crippen molar-refractivity contribution in [2.24, 2.45) is 5.41 Å². The number of nitrogens with zero attached hydrogens (tertiary/aromatic N) is 1. The number of methoxy groups -OCH3 is 1. The number of ether oxygens (including phenoxy) is 1. The Bertz CT molecular complexity index is 785. The number of benzene rings is 1. The van der Waals surface area contributed by atoms with E-state index in [0.29, 0.717) is 11.4 Å². The SMILES string of the molecule is COc1ccc(N([C@@H](C)C(=O)NC(C)(C)CC(C)(C)C)S(C)(=O)=O)cc1Cl. The summed E-state index contributed by atoms with van der Waals surface area (Å²) in [6.45, 7) is 11.7. The molecule has 1 amide bonds. The summed E-state index contributed by atoms with van der Waals surface area (Å²) in [6, 6.07) is 3.68. The van der Waals surface area contributed by atoms with Crippen LogP contribution in [0.4, 0.5) is 5.69 Å². The van der Waals surface area contributed by atoms with E-state index in [9.17, 15) is 13.2 Å². The lowest BCUT2D eigenvalue weighted by atomic mass is 9.81. The molecule has 1 aromatic carbocycles. The van der Waals surface area contributed by atoms with Gasteiger partial charge in [-0.25, -0.2) is 8.42 Å². The van der Waals surface area contributed by atoms with E-state index in [1.165, 1.54) is 13.2 Å². The fourth-order valence-corrected chi connectivity index (χ4v) is 4.83. The van der Waals surface area contributed by atoms with E-state index in [4.69, 9.17) is 16.3 Å². The second-order valence-corrected chi connectivity index (χ2v) is 10.9. The average molecular weight is 419 g/mol. The van der Waals surface area contributed by atoms with Crippen LogP contribution < -0.4 is 14.4 Å². The number of sulfonamides is 1. The Balaban J connectivity index is 3.18. The lowest BCUT2D eigenvalue weighted by Crippen LogP contribution is -2.54. The van der Waals surface area contributed by atoms with Gasteiger partial charge < -0.3 is 10.1 Å². The molecule has 8 heteroatoms. The highest BCUT2D eigenvalue weighted by molar-refractivity contribution is 7.92. The van der Waals surface area contributed by atoms with Crippen LogP contribution in [0.3, 0.4) is 0 Å². The van der Waals surface area contributed by atoms with Crippen LogP contribution in [-0.4, -0.2) is 39.3 Å². The molecule has 1 N–H and O–H groups in total. The van der Waals surface area contributed by atoms with Gasteiger partial charge in [0, 0.05) is 5.54 Å². The van der Waals surface area contributed by atoms with Gasteiger partial charge in [-0.05, 0) is 50.8 Å². The van der Waals surface area contributed by atoms with Gasteiger partial charge in [0.25, 0.3) is 0 Å². The van der Waals surface area contributed by atoms with E-state index in [1.54, 1.807) is 19.1 Å². The van der Waals surface area contributed by atoms with E-state index in [2.05, 4.69) is 26.1 Å². The van der Waals surface area contributed by atoms with Crippen LogP contribution >= 0.6 is 11.6 Å². The molecule has 0 spiro atoms. The van der Waals surface area contributed by atoms with Crippen molar-refractivity contribution in [3.05, 3.63) is 23.2 Å². The molecule has 0 aliphatic carbocycles. The van der Waals surface area contributed by atoms with Crippen LogP contribution in [0, 0.1) is 5.41 Å². The third kappa shape index (κ3) is 6.88. The molecule has 0 unspecified atom stereocenters. The van der Waals surface area contributed by atoms with E-state index in [1.807, 2.05) is 13.8 Å². The molecule has 1 atom stereocenters. The maximum atomic E-state index is 12.8. The van der Waals surface area contributed by atoms with Gasteiger partial charge >= 0.3 is 0 Å². The molecule has 1 aromatic rings. The number of anilines is 1. The zero-order valence-corrected chi connectivity index (χ0v) is 19.0. The summed E-state index contributed by atoms with van der Waals surface area (Å²) in [5.41, 5.74) is -0.163. The highest BCUT2D eigenvalue weighted by atomic mass is 35.5. The van der Waals surface area contributed by atoms with Crippen molar-refractivity contribution >= 4 is 33.2 Å². The minimum Gasteiger partial charge on any atom is -0.495 e. The molecule has 0 aromatic heterocycles. The molecule has 0 heterocycles. The molecule has 1 rings (SSSR count). The summed E-state index contributed by atoms with van der Waals surface area (Å²) in [6.07, 6.45) is 1.81. The predicted molar refractivity (Wildman–Crippen MR) is 111 cm³/mol. The first-order valence-electron chi connectivity index (χ1n) is 8.72. The average Bonchev–Trinajstić information content (AvgIpc) is 2.42. The minimum absolute atomic E-state index is 0.0139. The Hall–Kier alpha value is -1.47. The first kappa shape index (κ1) is 23.6.